The van der Waals surface area contributed by atoms with Crippen LogP contribution in [0.4, 0.5) is 8.78 Å². The van der Waals surface area contributed by atoms with Crippen LogP contribution < -0.4 is 0 Å². The van der Waals surface area contributed by atoms with Gasteiger partial charge < -0.3 is 10.0 Å². The van der Waals surface area contributed by atoms with Crippen LogP contribution in [-0.4, -0.2) is 33.8 Å². The van der Waals surface area contributed by atoms with Gasteiger partial charge in [-0.2, -0.15) is 0 Å². The molecule has 1 fully saturated rings. The zero-order valence-corrected chi connectivity index (χ0v) is 15.8. The lowest BCUT2D eigenvalue weighted by atomic mass is 9.73. The highest BCUT2D eigenvalue weighted by atomic mass is 32.2. The van der Waals surface area contributed by atoms with Crippen molar-refractivity contribution >= 4 is 17.7 Å². The van der Waals surface area contributed by atoms with E-state index in [-0.39, 0.29) is 22.0 Å². The number of alkyl halides is 2. The van der Waals surface area contributed by atoms with Crippen molar-refractivity contribution in [2.24, 2.45) is 17.8 Å². The van der Waals surface area contributed by atoms with Crippen LogP contribution in [0.25, 0.3) is 0 Å². The standard InChI is InChI=1S/C18H29F2NO2S/c1-10(2)9-11(3)13-7-5-6-8-14(13)21-12(4)24-16(18(22)23)15(21)17(19)20/h10-14,17H,5-9H2,1-4H3,(H,22,23). The quantitative estimate of drug-likeness (QED) is 0.707. The molecule has 6 heteroatoms. The van der Waals surface area contributed by atoms with Gasteiger partial charge in [-0.25, -0.2) is 13.6 Å². The maximum absolute atomic E-state index is 13.7. The number of allylic oxidation sites excluding steroid dienone is 1. The van der Waals surface area contributed by atoms with Crippen LogP contribution in [-0.2, 0) is 4.79 Å². The molecule has 4 atom stereocenters. The molecule has 0 spiro atoms. The highest BCUT2D eigenvalue weighted by Crippen LogP contribution is 2.47. The fraction of sp³-hybridized carbons (Fsp3) is 0.833. The SMILES string of the molecule is CC(C)CC(C)C1CCCCC1N1C(C(F)F)=C(C(=O)O)SC1C. The smallest absolute Gasteiger partial charge is 0.344 e. The Balaban J connectivity index is 2.32. The van der Waals surface area contributed by atoms with E-state index < -0.39 is 12.4 Å². The molecule has 0 amide bonds. The van der Waals surface area contributed by atoms with Crippen molar-refractivity contribution in [1.29, 1.82) is 0 Å². The van der Waals surface area contributed by atoms with Gasteiger partial charge in [0.1, 0.15) is 10.6 Å². The minimum Gasteiger partial charge on any atom is -0.477 e. The van der Waals surface area contributed by atoms with E-state index in [0.29, 0.717) is 17.8 Å². The number of aliphatic carboxylic acids is 1. The topological polar surface area (TPSA) is 40.5 Å². The lowest BCUT2D eigenvalue weighted by Gasteiger charge is -2.45. The molecule has 4 unspecified atom stereocenters. The Hall–Kier alpha value is -0.780. The predicted molar refractivity (Wildman–Crippen MR) is 93.9 cm³/mol. The summed E-state index contributed by atoms with van der Waals surface area (Å²) in [5.74, 6) is 0.159. The van der Waals surface area contributed by atoms with Crippen LogP contribution in [0.1, 0.15) is 59.8 Å². The summed E-state index contributed by atoms with van der Waals surface area (Å²) in [6, 6.07) is 0.0239. The summed E-state index contributed by atoms with van der Waals surface area (Å²) in [5, 5.41) is 9.08. The third-order valence-electron chi connectivity index (χ3n) is 5.30. The van der Waals surface area contributed by atoms with E-state index in [2.05, 4.69) is 20.8 Å². The molecule has 1 aliphatic heterocycles. The molecule has 0 aromatic rings. The molecule has 0 saturated heterocycles. The number of thioether (sulfide) groups is 1. The molecule has 3 nitrogen and oxygen atoms in total. The van der Waals surface area contributed by atoms with Crippen molar-refractivity contribution < 1.29 is 18.7 Å². The summed E-state index contributed by atoms with van der Waals surface area (Å²) in [6.07, 6.45) is 2.43. The van der Waals surface area contributed by atoms with Crippen molar-refractivity contribution in [3.05, 3.63) is 10.6 Å². The maximum atomic E-state index is 13.7. The molecule has 1 heterocycles. The molecule has 0 bridgehead atoms. The lowest BCUT2D eigenvalue weighted by molar-refractivity contribution is -0.132. The molecule has 138 valence electrons. The van der Waals surface area contributed by atoms with Crippen molar-refractivity contribution in [2.45, 2.75) is 77.6 Å². The first-order valence-corrected chi connectivity index (χ1v) is 9.82. The molecular formula is C18H29F2NO2S. The lowest BCUT2D eigenvalue weighted by Crippen LogP contribution is -2.47. The average molecular weight is 361 g/mol. The zero-order valence-electron chi connectivity index (χ0n) is 15.0. The Morgan fingerprint density at radius 1 is 1.29 bits per heavy atom. The van der Waals surface area contributed by atoms with Gasteiger partial charge in [0.05, 0.1) is 5.37 Å². The first kappa shape index (κ1) is 19.5. The van der Waals surface area contributed by atoms with Gasteiger partial charge in [0, 0.05) is 6.04 Å². The number of halogens is 2. The number of carboxylic acids is 1. The zero-order chi connectivity index (χ0) is 18.0. The summed E-state index contributed by atoms with van der Waals surface area (Å²) in [5.41, 5.74) is -0.256. The number of hydrogen-bond acceptors (Lipinski definition) is 3. The Morgan fingerprint density at radius 2 is 1.92 bits per heavy atom. The Labute approximate surface area is 147 Å². The number of nitrogens with zero attached hydrogens (tertiary/aromatic N) is 1. The van der Waals surface area contributed by atoms with Crippen LogP contribution in [0.3, 0.4) is 0 Å². The number of carboxylic acid groups (broad SMARTS) is 1. The van der Waals surface area contributed by atoms with Crippen LogP contribution in [0, 0.1) is 17.8 Å². The second kappa shape index (κ2) is 8.07. The average Bonchev–Trinajstić information content (AvgIpc) is 2.84. The van der Waals surface area contributed by atoms with Gasteiger partial charge in [-0.15, -0.1) is 0 Å². The number of carbonyl (C=O) groups is 1. The summed E-state index contributed by atoms with van der Waals surface area (Å²) < 4.78 is 27.4. The van der Waals surface area contributed by atoms with Crippen LogP contribution in [0.5, 0.6) is 0 Å². The predicted octanol–water partition coefficient (Wildman–Crippen LogP) is 5.18. The van der Waals surface area contributed by atoms with Crippen LogP contribution >= 0.6 is 11.8 Å². The Morgan fingerprint density at radius 3 is 2.46 bits per heavy atom. The molecule has 2 aliphatic rings. The maximum Gasteiger partial charge on any atom is 0.344 e. The second-order valence-electron chi connectivity index (χ2n) is 7.57. The van der Waals surface area contributed by atoms with Gasteiger partial charge >= 0.3 is 5.97 Å². The van der Waals surface area contributed by atoms with Gasteiger partial charge in [-0.1, -0.05) is 45.4 Å². The van der Waals surface area contributed by atoms with Gasteiger partial charge in [-0.3, -0.25) is 0 Å². The number of rotatable bonds is 6. The van der Waals surface area contributed by atoms with Crippen molar-refractivity contribution in [3.8, 4) is 0 Å². The fourth-order valence-electron chi connectivity index (χ4n) is 4.49. The Kier molecular flexibility index (Phi) is 6.57. The Bertz CT molecular complexity index is 495. The van der Waals surface area contributed by atoms with E-state index in [0.717, 1.165) is 43.9 Å². The third kappa shape index (κ3) is 4.06. The molecule has 1 aliphatic carbocycles. The largest absolute Gasteiger partial charge is 0.477 e. The van der Waals surface area contributed by atoms with Crippen LogP contribution in [0.2, 0.25) is 0 Å². The molecule has 2 rings (SSSR count). The van der Waals surface area contributed by atoms with E-state index in [9.17, 15) is 18.7 Å². The molecule has 24 heavy (non-hydrogen) atoms. The van der Waals surface area contributed by atoms with Crippen molar-refractivity contribution in [2.75, 3.05) is 0 Å². The summed E-state index contributed by atoms with van der Waals surface area (Å²) in [7, 11) is 0. The third-order valence-corrected chi connectivity index (χ3v) is 6.49. The fourth-order valence-corrected chi connectivity index (χ4v) is 5.63. The summed E-state index contributed by atoms with van der Waals surface area (Å²) in [4.78, 5) is 13.0. The molecule has 0 radical (unpaired) electrons. The molecule has 1 N–H and O–H groups in total. The van der Waals surface area contributed by atoms with Crippen molar-refractivity contribution in [1.82, 2.24) is 4.90 Å². The second-order valence-corrected chi connectivity index (χ2v) is 8.89. The molecular weight excluding hydrogens is 332 g/mol. The molecule has 0 aromatic heterocycles. The van der Waals surface area contributed by atoms with Gasteiger partial charge in [0.2, 0.25) is 0 Å². The van der Waals surface area contributed by atoms with Gasteiger partial charge in [0.25, 0.3) is 6.43 Å². The van der Waals surface area contributed by atoms with Crippen LogP contribution in [0.15, 0.2) is 10.6 Å². The van der Waals surface area contributed by atoms with E-state index in [1.807, 2.05) is 6.92 Å². The first-order valence-electron chi connectivity index (χ1n) is 8.94. The minimum absolute atomic E-state index is 0.0239. The number of hydrogen-bond donors (Lipinski definition) is 1. The summed E-state index contributed by atoms with van der Waals surface area (Å²) >= 11 is 1.07. The van der Waals surface area contributed by atoms with E-state index in [1.165, 1.54) is 0 Å². The summed E-state index contributed by atoms with van der Waals surface area (Å²) in [6.45, 7) is 8.45. The monoisotopic (exact) mass is 361 g/mol. The van der Waals surface area contributed by atoms with E-state index >= 15 is 0 Å². The van der Waals surface area contributed by atoms with E-state index in [4.69, 9.17) is 0 Å². The highest BCUT2D eigenvalue weighted by Gasteiger charge is 2.45. The van der Waals surface area contributed by atoms with Crippen molar-refractivity contribution in [3.63, 3.8) is 0 Å². The molecule has 0 aromatic carbocycles. The first-order chi connectivity index (χ1) is 11.2. The molecule has 1 saturated carbocycles. The minimum atomic E-state index is -2.74. The van der Waals surface area contributed by atoms with E-state index in [1.54, 1.807) is 4.90 Å². The highest BCUT2D eigenvalue weighted by molar-refractivity contribution is 8.04. The van der Waals surface area contributed by atoms with Gasteiger partial charge in [-0.05, 0) is 43.9 Å². The normalized spacial score (nSPS) is 29.7. The van der Waals surface area contributed by atoms with Gasteiger partial charge in [0.15, 0.2) is 0 Å².